The Kier molecular flexibility index (Phi) is 18.7. The summed E-state index contributed by atoms with van der Waals surface area (Å²) in [6, 6.07) is -3.43. The summed E-state index contributed by atoms with van der Waals surface area (Å²) in [5.74, 6) is -6.03. The number of carboxylic acids is 1. The second kappa shape index (κ2) is 22.5. The minimum Gasteiger partial charge on any atom is -0.477 e. The molecular weight excluding hydrogens is 896 g/mol. The standard InChI is InChI=1S/C35H60N2O28/c1-8(43)37-16-27(62-33-24(53)29(20(49)13(6-41)60-33)65-35(34(55)56)2-9(44)15(36)26(64-35)17(46)10(45)3-38)18(47)11(4-39)58-31(16)63-28-19(48)12(5-40)59-32(23(28)52)61-25-14(7-42)57-30(54)22(51)21(25)50/h9-33,38-42,44-54H,2-7,36H2,1H3,(H,37,43)(H,55,56)/t9-,10+,11+,12+,13+,14+,15+,16+,17+,18+,19-,20-,21+,22+,23+,24+,25+,26+,27+,28-,29-,30+,31-,32-,33-,35-/m0/s1. The van der Waals surface area contributed by atoms with E-state index in [4.69, 9.17) is 48.4 Å². The van der Waals surface area contributed by atoms with E-state index in [1.54, 1.807) is 0 Å². The van der Waals surface area contributed by atoms with Gasteiger partial charge in [0.05, 0.1) is 45.2 Å². The lowest BCUT2D eigenvalue weighted by Crippen LogP contribution is -2.71. The van der Waals surface area contributed by atoms with Crippen LogP contribution in [0.5, 0.6) is 0 Å². The number of aliphatic carboxylic acids is 1. The Balaban J connectivity index is 1.44. The molecule has 0 spiro atoms. The Morgan fingerprint density at radius 2 is 1.12 bits per heavy atom. The molecule has 1 amide bonds. The van der Waals surface area contributed by atoms with Gasteiger partial charge in [0.25, 0.3) is 5.79 Å². The van der Waals surface area contributed by atoms with Gasteiger partial charge in [-0.3, -0.25) is 4.79 Å². The van der Waals surface area contributed by atoms with Gasteiger partial charge in [-0.25, -0.2) is 4.79 Å². The number of hydrogen-bond donors (Lipinski definition) is 19. The molecule has 5 rings (SSSR count). The van der Waals surface area contributed by atoms with E-state index in [0.29, 0.717) is 0 Å². The van der Waals surface area contributed by atoms with Crippen molar-refractivity contribution in [3.05, 3.63) is 0 Å². The lowest BCUT2D eigenvalue weighted by atomic mass is 9.88. The summed E-state index contributed by atoms with van der Waals surface area (Å²) in [6.07, 6.45) is -46.7. The highest BCUT2D eigenvalue weighted by atomic mass is 16.8. The number of nitrogens with one attached hydrogen (secondary N) is 1. The third kappa shape index (κ3) is 11.2. The number of amides is 1. The Morgan fingerprint density at radius 1 is 0.646 bits per heavy atom. The van der Waals surface area contributed by atoms with Crippen molar-refractivity contribution >= 4 is 11.9 Å². The minimum absolute atomic E-state index is 0.896. The fourth-order valence-corrected chi connectivity index (χ4v) is 8.15. The van der Waals surface area contributed by atoms with Crippen LogP contribution in [-0.2, 0) is 52.2 Å². The van der Waals surface area contributed by atoms with Gasteiger partial charge < -0.3 is 140 Å². The molecule has 0 bridgehead atoms. The molecule has 5 fully saturated rings. The van der Waals surface area contributed by atoms with Gasteiger partial charge in [-0.1, -0.05) is 0 Å². The summed E-state index contributed by atoms with van der Waals surface area (Å²) < 4.78 is 50.5. The molecule has 0 aromatic carbocycles. The molecule has 0 aromatic rings. The monoisotopic (exact) mass is 956 g/mol. The smallest absolute Gasteiger partial charge is 0.364 e. The summed E-state index contributed by atoms with van der Waals surface area (Å²) in [7, 11) is 0. The Morgan fingerprint density at radius 3 is 1.63 bits per heavy atom. The predicted octanol–water partition coefficient (Wildman–Crippen LogP) is -12.6. The van der Waals surface area contributed by atoms with Crippen molar-refractivity contribution in [2.45, 2.75) is 172 Å². The number of ether oxygens (including phenoxy) is 9. The van der Waals surface area contributed by atoms with Crippen molar-refractivity contribution in [3.63, 3.8) is 0 Å². The van der Waals surface area contributed by atoms with Gasteiger partial charge in [-0.05, 0) is 0 Å². The quantitative estimate of drug-likeness (QED) is 0.0643. The fourth-order valence-electron chi connectivity index (χ4n) is 8.15. The molecule has 5 saturated heterocycles. The molecule has 0 aromatic heterocycles. The first-order valence-corrected chi connectivity index (χ1v) is 20.3. The largest absolute Gasteiger partial charge is 0.477 e. The van der Waals surface area contributed by atoms with Gasteiger partial charge in [0.1, 0.15) is 116 Å². The topological polar surface area (TPSA) is 499 Å². The third-order valence-corrected chi connectivity index (χ3v) is 11.8. The molecular formula is C35H60N2O28. The van der Waals surface area contributed by atoms with Crippen LogP contribution in [0.2, 0.25) is 0 Å². The molecule has 20 N–H and O–H groups in total. The summed E-state index contributed by atoms with van der Waals surface area (Å²) in [4.78, 5) is 25.5. The van der Waals surface area contributed by atoms with Crippen LogP contribution in [0.3, 0.4) is 0 Å². The van der Waals surface area contributed by atoms with Crippen LogP contribution in [-0.4, -0.2) is 291 Å². The molecule has 30 nitrogen and oxygen atoms in total. The second-order valence-corrected chi connectivity index (χ2v) is 16.2. The fraction of sp³-hybridized carbons (Fsp3) is 0.943. The lowest BCUT2D eigenvalue weighted by Gasteiger charge is -2.51. The number of carbonyl (C=O) groups is 2. The molecule has 5 heterocycles. The summed E-state index contributed by atoms with van der Waals surface area (Å²) in [5, 5.41) is 181. The number of carbonyl (C=O) groups excluding carboxylic acids is 1. The van der Waals surface area contributed by atoms with Gasteiger partial charge in [0, 0.05) is 13.3 Å². The molecule has 65 heavy (non-hydrogen) atoms. The molecule has 0 radical (unpaired) electrons. The first-order chi connectivity index (χ1) is 30.6. The predicted molar refractivity (Wildman–Crippen MR) is 197 cm³/mol. The van der Waals surface area contributed by atoms with Gasteiger partial charge in [-0.2, -0.15) is 0 Å². The van der Waals surface area contributed by atoms with Crippen LogP contribution in [0.25, 0.3) is 0 Å². The molecule has 5 aliphatic rings. The van der Waals surface area contributed by atoms with Crippen LogP contribution < -0.4 is 11.1 Å². The van der Waals surface area contributed by atoms with Gasteiger partial charge in [0.15, 0.2) is 25.2 Å². The number of carboxylic acid groups (broad SMARTS) is 1. The molecule has 30 heteroatoms. The van der Waals surface area contributed by atoms with Crippen LogP contribution in [0.15, 0.2) is 0 Å². The average molecular weight is 957 g/mol. The first kappa shape index (κ1) is 53.8. The summed E-state index contributed by atoms with van der Waals surface area (Å²) >= 11 is 0. The van der Waals surface area contributed by atoms with Crippen LogP contribution >= 0.6 is 0 Å². The van der Waals surface area contributed by atoms with E-state index >= 15 is 0 Å². The number of rotatable bonds is 17. The zero-order valence-electron chi connectivity index (χ0n) is 34.3. The van der Waals surface area contributed by atoms with Gasteiger partial charge in [-0.15, -0.1) is 0 Å². The van der Waals surface area contributed by atoms with Crippen molar-refractivity contribution < 1.29 is 139 Å². The molecule has 0 aliphatic carbocycles. The number of hydrogen-bond acceptors (Lipinski definition) is 28. The van der Waals surface area contributed by atoms with E-state index in [1.807, 2.05) is 0 Å². The van der Waals surface area contributed by atoms with E-state index in [1.165, 1.54) is 0 Å². The highest BCUT2D eigenvalue weighted by Crippen LogP contribution is 2.39. The highest BCUT2D eigenvalue weighted by Gasteiger charge is 2.60. The maximum Gasteiger partial charge on any atom is 0.364 e. The van der Waals surface area contributed by atoms with E-state index < -0.39 is 210 Å². The van der Waals surface area contributed by atoms with Gasteiger partial charge in [0.2, 0.25) is 5.91 Å². The maximum absolute atomic E-state index is 12.8. The Bertz CT molecular complexity index is 1540. The Hall–Kier alpha value is -2.10. The average Bonchev–Trinajstić information content (AvgIpc) is 3.27. The minimum atomic E-state index is -3.11. The third-order valence-electron chi connectivity index (χ3n) is 11.8. The van der Waals surface area contributed by atoms with E-state index in [9.17, 15) is 96.4 Å². The Labute approximate surface area is 367 Å². The summed E-state index contributed by atoms with van der Waals surface area (Å²) in [6.45, 7) is -4.14. The van der Waals surface area contributed by atoms with Crippen molar-refractivity contribution in [2.24, 2.45) is 5.73 Å². The SMILES string of the molecule is CC(=O)N[C@H]1[C@H](O[C@H]2[C@@H](O)[C@@H](CO)O[C@@H](O[C@H]3[C@H](O)[C@@H](O)[C@H](O)O[C@@H]3CO)[C@@H]2O)O[C@H](CO)[C@@H](O)[C@@H]1O[C@@H]1O[C@H](CO)[C@H](O)[C@H](O[C@]2(C(=O)O)C[C@H](O)[C@@H](N)[C@H]([C@H](O)[C@H](O)CO)O2)[C@H]1O. The van der Waals surface area contributed by atoms with E-state index in [-0.39, 0.29) is 0 Å². The zero-order chi connectivity index (χ0) is 48.4. The summed E-state index contributed by atoms with van der Waals surface area (Å²) in [5.41, 5.74) is 5.92. The van der Waals surface area contributed by atoms with Crippen molar-refractivity contribution in [2.75, 3.05) is 33.0 Å². The molecule has 0 saturated carbocycles. The number of nitrogens with two attached hydrogens (primary N) is 1. The highest BCUT2D eigenvalue weighted by molar-refractivity contribution is 5.76. The van der Waals surface area contributed by atoms with Crippen LogP contribution in [0, 0.1) is 0 Å². The molecule has 26 atom stereocenters. The molecule has 0 unspecified atom stereocenters. The first-order valence-electron chi connectivity index (χ1n) is 20.3. The van der Waals surface area contributed by atoms with Crippen molar-refractivity contribution in [3.8, 4) is 0 Å². The normalized spacial score (nSPS) is 48.3. The number of aliphatic hydroxyl groups excluding tert-OH is 16. The van der Waals surface area contributed by atoms with Gasteiger partial charge >= 0.3 is 5.97 Å². The molecule has 378 valence electrons. The van der Waals surface area contributed by atoms with E-state index in [0.717, 1.165) is 6.92 Å². The van der Waals surface area contributed by atoms with E-state index in [2.05, 4.69) is 5.32 Å². The van der Waals surface area contributed by atoms with Crippen LogP contribution in [0.1, 0.15) is 13.3 Å². The molecule has 5 aliphatic heterocycles. The second-order valence-electron chi connectivity index (χ2n) is 16.2. The number of aliphatic hydroxyl groups is 16. The maximum atomic E-state index is 12.8. The van der Waals surface area contributed by atoms with Crippen LogP contribution in [0.4, 0.5) is 0 Å². The lowest BCUT2D eigenvalue weighted by molar-refractivity contribution is -0.388. The zero-order valence-corrected chi connectivity index (χ0v) is 34.3. The van der Waals surface area contributed by atoms with Crippen molar-refractivity contribution in [1.82, 2.24) is 5.32 Å². The van der Waals surface area contributed by atoms with Crippen molar-refractivity contribution in [1.29, 1.82) is 0 Å².